The Bertz CT molecular complexity index is 295. The van der Waals surface area contributed by atoms with Gasteiger partial charge in [0.15, 0.2) is 0 Å². The fourth-order valence-electron chi connectivity index (χ4n) is 0.663. The summed E-state index contributed by atoms with van der Waals surface area (Å²) in [6.07, 6.45) is -2.24. The van der Waals surface area contributed by atoms with Crippen molar-refractivity contribution in [2.45, 2.75) is 6.18 Å². The largest absolute Gasteiger partial charge is 0.416 e. The fourth-order valence-corrected chi connectivity index (χ4v) is 0.663. The van der Waals surface area contributed by atoms with Crippen molar-refractivity contribution in [1.82, 2.24) is 4.98 Å². The molecule has 5 heteroatoms. The van der Waals surface area contributed by atoms with E-state index in [1.807, 2.05) is 0 Å². The van der Waals surface area contributed by atoms with Crippen molar-refractivity contribution in [3.05, 3.63) is 29.6 Å². The molecule has 0 spiro atoms. The first-order chi connectivity index (χ1) is 5.54. The first kappa shape index (κ1) is 8.70. The van der Waals surface area contributed by atoms with Crippen LogP contribution in [0.1, 0.15) is 11.3 Å². The minimum absolute atomic E-state index is 0.343. The number of alkyl halides is 3. The van der Waals surface area contributed by atoms with Crippen LogP contribution in [0.5, 0.6) is 0 Å². The molecule has 0 bridgehead atoms. The molecule has 0 aromatic carbocycles. The molecule has 0 aliphatic rings. The molecule has 0 N–H and O–H groups in total. The lowest BCUT2D eigenvalue weighted by Crippen LogP contribution is -2.05. The molecule has 0 aliphatic heterocycles. The quantitative estimate of drug-likeness (QED) is 0.646. The van der Waals surface area contributed by atoms with E-state index in [1.54, 1.807) is 0 Å². The van der Waals surface area contributed by atoms with Gasteiger partial charge in [-0.25, -0.2) is 0 Å². The van der Waals surface area contributed by atoms with E-state index in [2.05, 4.69) is 4.98 Å². The average molecular weight is 174 g/mol. The second-order valence-electron chi connectivity index (χ2n) is 2.03. The van der Waals surface area contributed by atoms with Gasteiger partial charge in [-0.3, -0.25) is 9.78 Å². The Balaban J connectivity index is 3.10. The first-order valence-corrected chi connectivity index (χ1v) is 2.95. The highest BCUT2D eigenvalue weighted by molar-refractivity contribution is 5.72. The number of carbonyl (C=O) groups excluding carboxylic acids is 1. The van der Waals surface area contributed by atoms with Crippen LogP contribution in [0, 0.1) is 0 Å². The van der Waals surface area contributed by atoms with Crippen molar-refractivity contribution >= 4 is 6.29 Å². The van der Waals surface area contributed by atoms with Gasteiger partial charge in [0.25, 0.3) is 6.29 Å². The van der Waals surface area contributed by atoms with Crippen molar-refractivity contribution < 1.29 is 18.0 Å². The Kier molecular flexibility index (Phi) is 2.12. The van der Waals surface area contributed by atoms with E-state index < -0.39 is 11.7 Å². The van der Waals surface area contributed by atoms with Crippen molar-refractivity contribution in [2.75, 3.05) is 0 Å². The van der Waals surface area contributed by atoms with Crippen LogP contribution >= 0.6 is 0 Å². The summed E-state index contributed by atoms with van der Waals surface area (Å²) in [5.74, 6) is 0. The standard InChI is InChI=1S/C7H3F3NO/c8-7(9,10)5-1-2-11-6(3-5)4-12/h1-3H. The summed E-state index contributed by atoms with van der Waals surface area (Å²) in [5.41, 5.74) is -1.24. The summed E-state index contributed by atoms with van der Waals surface area (Å²) in [7, 11) is 0. The van der Waals surface area contributed by atoms with Crippen molar-refractivity contribution in [3.8, 4) is 0 Å². The molecule has 1 heterocycles. The lowest BCUT2D eigenvalue weighted by atomic mass is 10.2. The van der Waals surface area contributed by atoms with Crippen LogP contribution in [0.25, 0.3) is 0 Å². The molecule has 12 heavy (non-hydrogen) atoms. The Morgan fingerprint density at radius 2 is 2.08 bits per heavy atom. The smallest absolute Gasteiger partial charge is 0.283 e. The third kappa shape index (κ3) is 1.81. The van der Waals surface area contributed by atoms with Crippen molar-refractivity contribution in [3.63, 3.8) is 0 Å². The number of pyridine rings is 1. The number of aromatic nitrogens is 1. The third-order valence-corrected chi connectivity index (χ3v) is 1.19. The van der Waals surface area contributed by atoms with Crippen LogP contribution in [0.15, 0.2) is 18.3 Å². The van der Waals surface area contributed by atoms with Crippen LogP contribution in [0.4, 0.5) is 13.2 Å². The molecule has 0 amide bonds. The summed E-state index contributed by atoms with van der Waals surface area (Å²) in [5, 5.41) is 0. The van der Waals surface area contributed by atoms with E-state index in [1.165, 1.54) is 6.29 Å². The second kappa shape index (κ2) is 2.92. The maximum absolute atomic E-state index is 11.9. The fraction of sp³-hybridized carbons (Fsp3) is 0.143. The van der Waals surface area contributed by atoms with Gasteiger partial charge < -0.3 is 0 Å². The highest BCUT2D eigenvalue weighted by Gasteiger charge is 2.30. The average Bonchev–Trinajstić information content (AvgIpc) is 2.03. The Labute approximate surface area is 66.0 Å². The lowest BCUT2D eigenvalue weighted by molar-refractivity contribution is -0.137. The zero-order valence-electron chi connectivity index (χ0n) is 5.72. The molecule has 0 fully saturated rings. The molecule has 1 radical (unpaired) electrons. The predicted molar refractivity (Wildman–Crippen MR) is 34.0 cm³/mol. The van der Waals surface area contributed by atoms with Gasteiger partial charge in [-0.15, -0.1) is 0 Å². The second-order valence-corrected chi connectivity index (χ2v) is 2.03. The predicted octanol–water partition coefficient (Wildman–Crippen LogP) is 1.56. The highest BCUT2D eigenvalue weighted by atomic mass is 19.4. The summed E-state index contributed by atoms with van der Waals surface area (Å²) in [6.45, 7) is 0. The van der Waals surface area contributed by atoms with E-state index in [0.717, 1.165) is 12.3 Å². The van der Waals surface area contributed by atoms with Crippen molar-refractivity contribution in [1.29, 1.82) is 0 Å². The lowest BCUT2D eigenvalue weighted by Gasteiger charge is -2.04. The number of halogens is 3. The normalized spacial score (nSPS) is 11.2. The van der Waals surface area contributed by atoms with Gasteiger partial charge in [-0.2, -0.15) is 13.2 Å². The molecule has 0 aliphatic carbocycles. The molecule has 0 atom stereocenters. The van der Waals surface area contributed by atoms with E-state index in [0.29, 0.717) is 6.07 Å². The minimum atomic E-state index is -4.44. The molecule has 0 saturated carbocycles. The van der Waals surface area contributed by atoms with E-state index in [9.17, 15) is 18.0 Å². The van der Waals surface area contributed by atoms with Crippen LogP contribution in [0.2, 0.25) is 0 Å². The van der Waals surface area contributed by atoms with Gasteiger partial charge in [0.05, 0.1) is 5.56 Å². The topological polar surface area (TPSA) is 30.0 Å². The minimum Gasteiger partial charge on any atom is -0.283 e. The Morgan fingerprint density at radius 1 is 1.42 bits per heavy atom. The third-order valence-electron chi connectivity index (χ3n) is 1.19. The van der Waals surface area contributed by atoms with Crippen LogP contribution in [0.3, 0.4) is 0 Å². The SMILES string of the molecule is O=[C]c1cc(C(F)(F)F)ccn1. The molecule has 1 aromatic heterocycles. The van der Waals surface area contributed by atoms with Gasteiger partial charge in [-0.05, 0) is 12.1 Å². The summed E-state index contributed by atoms with van der Waals surface area (Å²) in [6, 6.07) is 1.44. The Hall–Kier alpha value is -1.39. The zero-order valence-corrected chi connectivity index (χ0v) is 5.72. The molecule has 1 aromatic rings. The molecular formula is C7H3F3NO. The summed E-state index contributed by atoms with van der Waals surface area (Å²) >= 11 is 0. The van der Waals surface area contributed by atoms with E-state index in [4.69, 9.17) is 0 Å². The highest BCUT2D eigenvalue weighted by Crippen LogP contribution is 2.28. The van der Waals surface area contributed by atoms with Gasteiger partial charge in [0, 0.05) is 6.20 Å². The van der Waals surface area contributed by atoms with Crippen LogP contribution in [-0.4, -0.2) is 11.3 Å². The van der Waals surface area contributed by atoms with Crippen LogP contribution in [-0.2, 0) is 11.0 Å². The van der Waals surface area contributed by atoms with Gasteiger partial charge in [0.1, 0.15) is 5.69 Å². The first-order valence-electron chi connectivity index (χ1n) is 2.95. The molecule has 0 unspecified atom stereocenters. The van der Waals surface area contributed by atoms with Gasteiger partial charge in [0.2, 0.25) is 0 Å². The van der Waals surface area contributed by atoms with E-state index in [-0.39, 0.29) is 5.69 Å². The van der Waals surface area contributed by atoms with Gasteiger partial charge >= 0.3 is 6.18 Å². The summed E-state index contributed by atoms with van der Waals surface area (Å²) in [4.78, 5) is 13.3. The number of hydrogen-bond donors (Lipinski definition) is 0. The van der Waals surface area contributed by atoms with Crippen LogP contribution < -0.4 is 0 Å². The molecule has 63 valence electrons. The Morgan fingerprint density at radius 3 is 2.58 bits per heavy atom. The monoisotopic (exact) mass is 174 g/mol. The van der Waals surface area contributed by atoms with Crippen molar-refractivity contribution in [2.24, 2.45) is 0 Å². The molecular weight excluding hydrogens is 171 g/mol. The maximum atomic E-state index is 11.9. The molecule has 1 rings (SSSR count). The number of hydrogen-bond acceptors (Lipinski definition) is 2. The number of rotatable bonds is 1. The van der Waals surface area contributed by atoms with E-state index >= 15 is 0 Å². The molecule has 0 saturated heterocycles. The zero-order chi connectivity index (χ0) is 9.19. The van der Waals surface area contributed by atoms with Gasteiger partial charge in [-0.1, -0.05) is 0 Å². The number of nitrogens with zero attached hydrogens (tertiary/aromatic N) is 1. The molecule has 2 nitrogen and oxygen atoms in total. The summed E-state index contributed by atoms with van der Waals surface area (Å²) < 4.78 is 35.8. The maximum Gasteiger partial charge on any atom is 0.416 e.